The van der Waals surface area contributed by atoms with Crippen LogP contribution in [0.5, 0.6) is 0 Å². The predicted molar refractivity (Wildman–Crippen MR) is 99.9 cm³/mol. The minimum Gasteiger partial charge on any atom is -0.267 e. The molecular formula is C17H12N4O2S2. The first-order valence-electron chi connectivity index (χ1n) is 7.42. The third-order valence-electron chi connectivity index (χ3n) is 3.62. The maximum atomic E-state index is 12.6. The number of nitrogens with one attached hydrogen (secondary N) is 1. The second kappa shape index (κ2) is 6.23. The molecule has 0 saturated carbocycles. The van der Waals surface area contributed by atoms with Gasteiger partial charge in [0.25, 0.3) is 11.5 Å². The molecule has 0 spiro atoms. The lowest BCUT2D eigenvalue weighted by Gasteiger charge is -2.07. The molecule has 0 saturated heterocycles. The third kappa shape index (κ3) is 2.86. The van der Waals surface area contributed by atoms with Gasteiger partial charge in [0.15, 0.2) is 0 Å². The van der Waals surface area contributed by atoms with Gasteiger partial charge in [0.05, 0.1) is 21.5 Å². The van der Waals surface area contributed by atoms with E-state index in [4.69, 9.17) is 0 Å². The Balaban J connectivity index is 1.67. The van der Waals surface area contributed by atoms with E-state index in [1.165, 1.54) is 17.7 Å². The summed E-state index contributed by atoms with van der Waals surface area (Å²) in [5, 5.41) is 3.21. The molecule has 0 radical (unpaired) electrons. The van der Waals surface area contributed by atoms with Gasteiger partial charge in [-0.3, -0.25) is 15.0 Å². The number of rotatable bonds is 3. The molecule has 124 valence electrons. The fourth-order valence-electron chi connectivity index (χ4n) is 2.42. The average Bonchev–Trinajstić information content (AvgIpc) is 3.27. The second-order valence-electron chi connectivity index (χ2n) is 5.29. The number of amides is 1. The van der Waals surface area contributed by atoms with Crippen molar-refractivity contribution in [1.29, 1.82) is 0 Å². The van der Waals surface area contributed by atoms with Gasteiger partial charge in [-0.2, -0.15) is 0 Å². The molecule has 0 aliphatic heterocycles. The van der Waals surface area contributed by atoms with E-state index in [2.05, 4.69) is 15.4 Å². The van der Waals surface area contributed by atoms with Crippen molar-refractivity contribution in [1.82, 2.24) is 14.6 Å². The fourth-order valence-corrected chi connectivity index (χ4v) is 4.17. The van der Waals surface area contributed by atoms with Crippen molar-refractivity contribution in [3.63, 3.8) is 0 Å². The van der Waals surface area contributed by atoms with Gasteiger partial charge in [-0.15, -0.1) is 22.7 Å². The largest absolute Gasteiger partial charge is 0.282 e. The summed E-state index contributed by atoms with van der Waals surface area (Å²) < 4.78 is 1.11. The lowest BCUT2D eigenvalue weighted by atomic mass is 10.2. The number of fused-ring (bicyclic) bond motifs is 1. The number of carbonyl (C=O) groups is 1. The van der Waals surface area contributed by atoms with Crippen LogP contribution >= 0.6 is 22.7 Å². The zero-order valence-electron chi connectivity index (χ0n) is 13.1. The van der Waals surface area contributed by atoms with E-state index in [0.717, 1.165) is 14.6 Å². The van der Waals surface area contributed by atoms with Gasteiger partial charge >= 0.3 is 0 Å². The Morgan fingerprint density at radius 2 is 2.04 bits per heavy atom. The molecule has 0 unspecified atom stereocenters. The van der Waals surface area contributed by atoms with Crippen molar-refractivity contribution in [2.45, 2.75) is 6.92 Å². The van der Waals surface area contributed by atoms with Crippen molar-refractivity contribution in [2.24, 2.45) is 0 Å². The van der Waals surface area contributed by atoms with E-state index in [-0.39, 0.29) is 11.5 Å². The van der Waals surface area contributed by atoms with Crippen molar-refractivity contribution >= 4 is 39.5 Å². The van der Waals surface area contributed by atoms with Crippen molar-refractivity contribution in [2.75, 3.05) is 5.43 Å². The van der Waals surface area contributed by atoms with E-state index in [1.807, 2.05) is 23.6 Å². The van der Waals surface area contributed by atoms with Gasteiger partial charge in [-0.1, -0.05) is 18.2 Å². The zero-order chi connectivity index (χ0) is 17.4. The number of benzene rings is 1. The Morgan fingerprint density at radius 1 is 1.20 bits per heavy atom. The highest BCUT2D eigenvalue weighted by atomic mass is 32.1. The van der Waals surface area contributed by atoms with Crippen LogP contribution in [-0.4, -0.2) is 20.6 Å². The maximum Gasteiger partial charge on any atom is 0.282 e. The monoisotopic (exact) mass is 368 g/mol. The van der Waals surface area contributed by atoms with Crippen molar-refractivity contribution in [3.05, 3.63) is 69.0 Å². The molecule has 0 bridgehead atoms. The van der Waals surface area contributed by atoms with Crippen LogP contribution in [0.1, 0.15) is 15.4 Å². The second-order valence-corrected chi connectivity index (χ2v) is 7.24. The predicted octanol–water partition coefficient (Wildman–Crippen LogP) is 3.27. The minimum absolute atomic E-state index is 0.320. The summed E-state index contributed by atoms with van der Waals surface area (Å²) in [4.78, 5) is 35.2. The quantitative estimate of drug-likeness (QED) is 0.602. The maximum absolute atomic E-state index is 12.6. The third-order valence-corrected chi connectivity index (χ3v) is 5.82. The van der Waals surface area contributed by atoms with Crippen LogP contribution in [0, 0.1) is 6.92 Å². The molecule has 0 fully saturated rings. The molecule has 4 rings (SSSR count). The van der Waals surface area contributed by atoms with E-state index < -0.39 is 0 Å². The van der Waals surface area contributed by atoms with E-state index >= 15 is 0 Å². The highest BCUT2D eigenvalue weighted by Crippen LogP contribution is 2.31. The summed E-state index contributed by atoms with van der Waals surface area (Å²) in [6, 6.07) is 10.9. The molecule has 0 aliphatic carbocycles. The molecule has 3 heterocycles. The van der Waals surface area contributed by atoms with Crippen LogP contribution in [-0.2, 0) is 0 Å². The zero-order valence-corrected chi connectivity index (χ0v) is 14.7. The van der Waals surface area contributed by atoms with E-state index in [9.17, 15) is 9.59 Å². The Kier molecular flexibility index (Phi) is 3.90. The number of aromatic nitrogens is 3. The summed E-state index contributed by atoms with van der Waals surface area (Å²) in [6.45, 7) is 1.78. The highest BCUT2D eigenvalue weighted by molar-refractivity contribution is 7.22. The molecule has 25 heavy (non-hydrogen) atoms. The summed E-state index contributed by atoms with van der Waals surface area (Å²) >= 11 is 2.87. The first-order valence-corrected chi connectivity index (χ1v) is 9.12. The smallest absolute Gasteiger partial charge is 0.267 e. The molecule has 0 aliphatic rings. The topological polar surface area (TPSA) is 76.9 Å². The molecule has 3 aromatic heterocycles. The van der Waals surface area contributed by atoms with Crippen LogP contribution in [0.2, 0.25) is 0 Å². The summed E-state index contributed by atoms with van der Waals surface area (Å²) in [7, 11) is 0. The van der Waals surface area contributed by atoms with Crippen LogP contribution in [0.3, 0.4) is 0 Å². The SMILES string of the molecule is Cc1nc(-c2cccs2)sc1C(=O)Nn1cnc2ccccc2c1=O. The first-order chi connectivity index (χ1) is 12.1. The Morgan fingerprint density at radius 3 is 2.84 bits per heavy atom. The summed E-state index contributed by atoms with van der Waals surface area (Å²) in [5.74, 6) is -0.378. The van der Waals surface area contributed by atoms with Gasteiger partial charge in [-0.25, -0.2) is 14.6 Å². The number of thiazole rings is 1. The highest BCUT2D eigenvalue weighted by Gasteiger charge is 2.17. The molecule has 1 amide bonds. The minimum atomic E-state index is -0.378. The Bertz CT molecular complexity index is 1130. The Hall–Kier alpha value is -2.84. The molecule has 0 atom stereocenters. The lowest BCUT2D eigenvalue weighted by Crippen LogP contribution is -2.33. The van der Waals surface area contributed by atoms with Crippen LogP contribution in [0.15, 0.2) is 52.9 Å². The summed E-state index contributed by atoms with van der Waals surface area (Å²) in [5.41, 5.74) is 3.50. The fraction of sp³-hybridized carbons (Fsp3) is 0.0588. The molecule has 6 nitrogen and oxygen atoms in total. The summed E-state index contributed by atoms with van der Waals surface area (Å²) in [6.07, 6.45) is 1.32. The Labute approximate surface area is 150 Å². The normalized spacial score (nSPS) is 10.9. The van der Waals surface area contributed by atoms with Gasteiger partial charge in [0.1, 0.15) is 16.2 Å². The molecule has 1 aromatic carbocycles. The first kappa shape index (κ1) is 15.7. The van der Waals surface area contributed by atoms with Gasteiger partial charge in [-0.05, 0) is 30.5 Å². The molecule has 1 N–H and O–H groups in total. The molecule has 8 heteroatoms. The van der Waals surface area contributed by atoms with Gasteiger partial charge in [0.2, 0.25) is 0 Å². The van der Waals surface area contributed by atoms with Gasteiger partial charge in [0, 0.05) is 0 Å². The number of aryl methyl sites for hydroxylation is 1. The standard InChI is InChI=1S/C17H12N4O2S2/c1-10-14(25-16(19-10)13-7-4-8-24-13)15(22)20-21-9-18-12-6-3-2-5-11(12)17(21)23/h2-9H,1H3,(H,20,22). The lowest BCUT2D eigenvalue weighted by molar-refractivity contribution is 0.101. The van der Waals surface area contributed by atoms with E-state index in [1.54, 1.807) is 36.5 Å². The van der Waals surface area contributed by atoms with E-state index in [0.29, 0.717) is 21.5 Å². The number of nitrogens with zero attached hydrogens (tertiary/aromatic N) is 3. The van der Waals surface area contributed by atoms with Crippen molar-refractivity contribution < 1.29 is 4.79 Å². The van der Waals surface area contributed by atoms with Crippen LogP contribution < -0.4 is 11.0 Å². The number of hydrogen-bond acceptors (Lipinski definition) is 6. The number of thiophene rings is 1. The average molecular weight is 368 g/mol. The number of para-hydroxylation sites is 1. The van der Waals surface area contributed by atoms with Crippen LogP contribution in [0.4, 0.5) is 0 Å². The molecule has 4 aromatic rings. The molecular weight excluding hydrogens is 356 g/mol. The van der Waals surface area contributed by atoms with Crippen LogP contribution in [0.25, 0.3) is 20.8 Å². The van der Waals surface area contributed by atoms with Gasteiger partial charge < -0.3 is 0 Å². The number of hydrogen-bond donors (Lipinski definition) is 1. The van der Waals surface area contributed by atoms with Crippen molar-refractivity contribution in [3.8, 4) is 9.88 Å². The number of carbonyl (C=O) groups excluding carboxylic acids is 1.